The third kappa shape index (κ3) is 3.18. The van der Waals surface area contributed by atoms with Gasteiger partial charge in [-0.3, -0.25) is 19.4 Å². The van der Waals surface area contributed by atoms with Gasteiger partial charge < -0.3 is 5.32 Å². The molecule has 3 amide bonds. The second-order valence-corrected chi connectivity index (χ2v) is 7.14. The summed E-state index contributed by atoms with van der Waals surface area (Å²) in [6.07, 6.45) is 3.15. The molecule has 1 aromatic heterocycles. The molecule has 0 aliphatic carbocycles. The van der Waals surface area contributed by atoms with E-state index in [1.165, 1.54) is 17.0 Å². The first-order valence-electron chi connectivity index (χ1n) is 9.19. The number of benzene rings is 2. The Balaban J connectivity index is 1.69. The van der Waals surface area contributed by atoms with E-state index in [0.29, 0.717) is 22.5 Å². The van der Waals surface area contributed by atoms with Crippen molar-refractivity contribution in [1.82, 2.24) is 4.98 Å². The molecule has 3 aromatic rings. The number of aryl methyl sites for hydroxylation is 3. The van der Waals surface area contributed by atoms with Gasteiger partial charge >= 0.3 is 0 Å². The summed E-state index contributed by atoms with van der Waals surface area (Å²) in [4.78, 5) is 43.7. The molecule has 0 fully saturated rings. The lowest BCUT2D eigenvalue weighted by molar-refractivity contribution is 0.0925. The lowest BCUT2D eigenvalue weighted by atomic mass is 10.0. The molecule has 1 aliphatic rings. The first kappa shape index (κ1) is 18.6. The summed E-state index contributed by atoms with van der Waals surface area (Å²) in [6, 6.07) is 11.8. The second-order valence-electron chi connectivity index (χ2n) is 7.14. The molecule has 29 heavy (non-hydrogen) atoms. The van der Waals surface area contributed by atoms with E-state index in [9.17, 15) is 14.4 Å². The largest absolute Gasteiger partial charge is 0.322 e. The minimum Gasteiger partial charge on any atom is -0.322 e. The van der Waals surface area contributed by atoms with Crippen molar-refractivity contribution in [3.05, 3.63) is 88.2 Å². The van der Waals surface area contributed by atoms with Gasteiger partial charge in [-0.05, 0) is 62.2 Å². The number of hydrogen-bond acceptors (Lipinski definition) is 4. The summed E-state index contributed by atoms with van der Waals surface area (Å²) >= 11 is 0. The summed E-state index contributed by atoms with van der Waals surface area (Å²) in [6.45, 7) is 5.73. The highest BCUT2D eigenvalue weighted by molar-refractivity contribution is 6.35. The maximum absolute atomic E-state index is 13.1. The maximum atomic E-state index is 13.1. The number of nitrogens with zero attached hydrogens (tertiary/aromatic N) is 2. The van der Waals surface area contributed by atoms with E-state index in [-0.39, 0.29) is 17.4 Å². The zero-order chi connectivity index (χ0) is 20.7. The standard InChI is InChI=1S/C23H19N3O3/c1-13-10-14(2)20(15(3)11-13)26-22(28)18-5-4-16(12-19(18)23(26)29)21(27)25-17-6-8-24-9-7-17/h4-12H,1-3H3,(H,24,25,27). The van der Waals surface area contributed by atoms with Crippen LogP contribution in [0.15, 0.2) is 54.9 Å². The molecular formula is C23H19N3O3. The average molecular weight is 385 g/mol. The first-order chi connectivity index (χ1) is 13.9. The normalized spacial score (nSPS) is 12.9. The molecule has 0 bridgehead atoms. The van der Waals surface area contributed by atoms with Crippen LogP contribution in [0.4, 0.5) is 11.4 Å². The van der Waals surface area contributed by atoms with Crippen molar-refractivity contribution < 1.29 is 14.4 Å². The topological polar surface area (TPSA) is 79.4 Å². The van der Waals surface area contributed by atoms with Gasteiger partial charge in [0.05, 0.1) is 16.8 Å². The van der Waals surface area contributed by atoms with Crippen LogP contribution in [-0.2, 0) is 0 Å². The van der Waals surface area contributed by atoms with E-state index in [2.05, 4.69) is 10.3 Å². The molecule has 6 heteroatoms. The highest BCUT2D eigenvalue weighted by Gasteiger charge is 2.38. The molecule has 2 aromatic carbocycles. The van der Waals surface area contributed by atoms with Gasteiger partial charge in [0, 0.05) is 23.6 Å². The van der Waals surface area contributed by atoms with E-state index < -0.39 is 5.91 Å². The summed E-state index contributed by atoms with van der Waals surface area (Å²) < 4.78 is 0. The number of imide groups is 1. The lowest BCUT2D eigenvalue weighted by Crippen LogP contribution is -2.30. The lowest BCUT2D eigenvalue weighted by Gasteiger charge is -2.20. The minimum absolute atomic E-state index is 0.233. The van der Waals surface area contributed by atoms with Crippen molar-refractivity contribution in [2.75, 3.05) is 10.2 Å². The van der Waals surface area contributed by atoms with Crippen molar-refractivity contribution in [3.63, 3.8) is 0 Å². The monoisotopic (exact) mass is 385 g/mol. The highest BCUT2D eigenvalue weighted by atomic mass is 16.2. The van der Waals surface area contributed by atoms with Gasteiger partial charge in [0.25, 0.3) is 17.7 Å². The number of anilines is 2. The predicted molar refractivity (Wildman–Crippen MR) is 110 cm³/mol. The summed E-state index contributed by atoms with van der Waals surface area (Å²) in [5, 5.41) is 2.75. The summed E-state index contributed by atoms with van der Waals surface area (Å²) in [7, 11) is 0. The number of nitrogens with one attached hydrogen (secondary N) is 1. The number of aromatic nitrogens is 1. The van der Waals surface area contributed by atoms with Gasteiger partial charge in [0.2, 0.25) is 0 Å². The van der Waals surface area contributed by atoms with Crippen LogP contribution in [-0.4, -0.2) is 22.7 Å². The fourth-order valence-electron chi connectivity index (χ4n) is 3.75. The highest BCUT2D eigenvalue weighted by Crippen LogP contribution is 2.34. The Bertz CT molecular complexity index is 1150. The molecule has 4 rings (SSSR count). The molecule has 144 valence electrons. The maximum Gasteiger partial charge on any atom is 0.266 e. The van der Waals surface area contributed by atoms with Gasteiger partial charge in [-0.15, -0.1) is 0 Å². The molecule has 0 saturated carbocycles. The minimum atomic E-state index is -0.418. The van der Waals surface area contributed by atoms with Crippen LogP contribution >= 0.6 is 0 Å². The Morgan fingerprint density at radius 2 is 1.48 bits per heavy atom. The Morgan fingerprint density at radius 3 is 2.14 bits per heavy atom. The first-order valence-corrected chi connectivity index (χ1v) is 9.19. The van der Waals surface area contributed by atoms with Crippen LogP contribution in [0.25, 0.3) is 0 Å². The Kier molecular flexibility index (Phi) is 4.47. The van der Waals surface area contributed by atoms with Gasteiger partial charge in [0.1, 0.15) is 0 Å². The Morgan fingerprint density at radius 1 is 0.862 bits per heavy atom. The van der Waals surface area contributed by atoms with Gasteiger partial charge in [-0.25, -0.2) is 4.90 Å². The van der Waals surface area contributed by atoms with E-state index >= 15 is 0 Å². The summed E-state index contributed by atoms with van der Waals surface area (Å²) in [5.74, 6) is -1.15. The van der Waals surface area contributed by atoms with Crippen LogP contribution < -0.4 is 10.2 Å². The van der Waals surface area contributed by atoms with Crippen LogP contribution in [0.3, 0.4) is 0 Å². The number of pyridine rings is 1. The van der Waals surface area contributed by atoms with Crippen molar-refractivity contribution >= 4 is 29.1 Å². The van der Waals surface area contributed by atoms with E-state index in [0.717, 1.165) is 16.7 Å². The zero-order valence-corrected chi connectivity index (χ0v) is 16.3. The molecule has 0 unspecified atom stereocenters. The van der Waals surface area contributed by atoms with Crippen LogP contribution in [0.5, 0.6) is 0 Å². The van der Waals surface area contributed by atoms with Crippen molar-refractivity contribution in [1.29, 1.82) is 0 Å². The van der Waals surface area contributed by atoms with Gasteiger partial charge in [-0.1, -0.05) is 17.7 Å². The zero-order valence-electron chi connectivity index (χ0n) is 16.3. The number of carbonyl (C=O) groups is 3. The fourth-order valence-corrected chi connectivity index (χ4v) is 3.75. The predicted octanol–water partition coefficient (Wildman–Crippen LogP) is 4.06. The van der Waals surface area contributed by atoms with Crippen molar-refractivity contribution in [2.45, 2.75) is 20.8 Å². The molecule has 0 radical (unpaired) electrons. The number of rotatable bonds is 3. The van der Waals surface area contributed by atoms with E-state index in [1.807, 2.05) is 32.9 Å². The summed E-state index contributed by atoms with van der Waals surface area (Å²) in [5.41, 5.74) is 4.81. The van der Waals surface area contributed by atoms with Gasteiger partial charge in [0.15, 0.2) is 0 Å². The van der Waals surface area contributed by atoms with Crippen LogP contribution in [0.1, 0.15) is 47.8 Å². The number of hydrogen-bond donors (Lipinski definition) is 1. The van der Waals surface area contributed by atoms with Crippen molar-refractivity contribution in [3.8, 4) is 0 Å². The SMILES string of the molecule is Cc1cc(C)c(N2C(=O)c3ccc(C(=O)Nc4ccncc4)cc3C2=O)c(C)c1. The third-order valence-electron chi connectivity index (χ3n) is 4.95. The third-order valence-corrected chi connectivity index (χ3v) is 4.95. The molecule has 0 spiro atoms. The molecule has 2 heterocycles. The molecule has 1 N–H and O–H groups in total. The fraction of sp³-hybridized carbons (Fsp3) is 0.130. The van der Waals surface area contributed by atoms with Crippen LogP contribution in [0, 0.1) is 20.8 Å². The second kappa shape index (κ2) is 6.98. The molecule has 1 aliphatic heterocycles. The molecule has 0 saturated heterocycles. The smallest absolute Gasteiger partial charge is 0.266 e. The van der Waals surface area contributed by atoms with Gasteiger partial charge in [-0.2, -0.15) is 0 Å². The van der Waals surface area contributed by atoms with Crippen LogP contribution in [0.2, 0.25) is 0 Å². The van der Waals surface area contributed by atoms with Crippen molar-refractivity contribution in [2.24, 2.45) is 0 Å². The van der Waals surface area contributed by atoms with E-state index in [1.54, 1.807) is 30.6 Å². The Hall–Kier alpha value is -3.80. The quantitative estimate of drug-likeness (QED) is 0.690. The average Bonchev–Trinajstić information content (AvgIpc) is 2.93. The molecule has 6 nitrogen and oxygen atoms in total. The number of fused-ring (bicyclic) bond motifs is 1. The van der Waals surface area contributed by atoms with E-state index in [4.69, 9.17) is 0 Å². The Labute approximate surface area is 168 Å². The number of amides is 3. The number of carbonyl (C=O) groups excluding carboxylic acids is 3. The molecule has 0 atom stereocenters. The molecular weight excluding hydrogens is 366 g/mol.